The molecule has 0 aliphatic carbocycles. The minimum atomic E-state index is -0.222. The number of piperidine rings is 1. The van der Waals surface area contributed by atoms with Crippen LogP contribution in [0.4, 0.5) is 5.82 Å². The van der Waals surface area contributed by atoms with Crippen molar-refractivity contribution in [1.82, 2.24) is 24.4 Å². The fraction of sp³-hybridized carbons (Fsp3) is 0.588. The number of nitrogens with zero attached hydrogens (tertiary/aromatic N) is 5. The van der Waals surface area contributed by atoms with Gasteiger partial charge in [-0.2, -0.15) is 0 Å². The summed E-state index contributed by atoms with van der Waals surface area (Å²) >= 11 is 0. The van der Waals surface area contributed by atoms with Crippen LogP contribution in [0, 0.1) is 5.92 Å². The quantitative estimate of drug-likeness (QED) is 0.603. The highest BCUT2D eigenvalue weighted by atomic mass is 16.5. The van der Waals surface area contributed by atoms with Gasteiger partial charge in [0.25, 0.3) is 0 Å². The van der Waals surface area contributed by atoms with E-state index in [-0.39, 0.29) is 17.8 Å². The maximum absolute atomic E-state index is 12.3. The highest BCUT2D eigenvalue weighted by molar-refractivity contribution is 5.81. The van der Waals surface area contributed by atoms with Gasteiger partial charge in [0.15, 0.2) is 11.5 Å². The zero-order valence-corrected chi connectivity index (χ0v) is 14.9. The van der Waals surface area contributed by atoms with Crippen molar-refractivity contribution in [3.63, 3.8) is 0 Å². The molecule has 1 unspecified atom stereocenters. The van der Waals surface area contributed by atoms with E-state index in [0.29, 0.717) is 49.5 Å². The molecule has 1 amide bonds. The normalized spacial score (nSPS) is 17.4. The molecule has 2 aromatic rings. The molecular formula is C17H24N6O3. The molecule has 9 heteroatoms. The topological polar surface area (TPSA) is 116 Å². The molecule has 140 valence electrons. The number of fused-ring (bicyclic) bond motifs is 1. The highest BCUT2D eigenvalue weighted by Gasteiger charge is 2.28. The van der Waals surface area contributed by atoms with Crippen LogP contribution in [0.2, 0.25) is 0 Å². The summed E-state index contributed by atoms with van der Waals surface area (Å²) < 4.78 is 7.27. The number of anilines is 1. The molecule has 0 radical (unpaired) electrons. The third kappa shape index (κ3) is 3.92. The Kier molecular flexibility index (Phi) is 5.65. The van der Waals surface area contributed by atoms with E-state index in [2.05, 4.69) is 15.0 Å². The van der Waals surface area contributed by atoms with Crippen LogP contribution in [0.25, 0.3) is 11.2 Å². The van der Waals surface area contributed by atoms with Crippen molar-refractivity contribution in [2.45, 2.75) is 39.2 Å². The van der Waals surface area contributed by atoms with Gasteiger partial charge in [-0.05, 0) is 19.3 Å². The molecule has 0 bridgehead atoms. The minimum absolute atomic E-state index is 0.0933. The average Bonchev–Trinajstić information content (AvgIpc) is 3.09. The first-order chi connectivity index (χ1) is 12.6. The molecule has 1 fully saturated rings. The van der Waals surface area contributed by atoms with E-state index in [9.17, 15) is 9.59 Å². The third-order valence-corrected chi connectivity index (χ3v) is 4.63. The number of hydrogen-bond donors (Lipinski definition) is 1. The smallest absolute Gasteiger partial charge is 0.310 e. The standard InChI is InChI=1S/C17H24N6O3/c1-2-13(24)22-6-3-5-12(9-22)17(25)26-8-4-7-23-11-21-14-15(18)19-10-20-16(14)23/h10-12H,2-9H2,1H3,(H2,18,19,20). The summed E-state index contributed by atoms with van der Waals surface area (Å²) in [7, 11) is 0. The molecule has 26 heavy (non-hydrogen) atoms. The first kappa shape index (κ1) is 18.1. The SMILES string of the molecule is CCC(=O)N1CCCC(C(=O)OCCCn2cnc3c(N)ncnc32)C1. The third-order valence-electron chi connectivity index (χ3n) is 4.63. The van der Waals surface area contributed by atoms with Gasteiger partial charge in [0.2, 0.25) is 5.91 Å². The Morgan fingerprint density at radius 2 is 2.19 bits per heavy atom. The zero-order chi connectivity index (χ0) is 18.5. The van der Waals surface area contributed by atoms with Crippen molar-refractivity contribution >= 4 is 28.9 Å². The first-order valence-corrected chi connectivity index (χ1v) is 8.96. The second-order valence-corrected chi connectivity index (χ2v) is 6.42. The van der Waals surface area contributed by atoms with Gasteiger partial charge >= 0.3 is 5.97 Å². The molecule has 2 N–H and O–H groups in total. The van der Waals surface area contributed by atoms with Gasteiger partial charge in [0, 0.05) is 26.1 Å². The second-order valence-electron chi connectivity index (χ2n) is 6.42. The van der Waals surface area contributed by atoms with Crippen LogP contribution in [-0.2, 0) is 20.9 Å². The van der Waals surface area contributed by atoms with Gasteiger partial charge in [0.1, 0.15) is 11.8 Å². The van der Waals surface area contributed by atoms with Crippen molar-refractivity contribution < 1.29 is 14.3 Å². The molecule has 9 nitrogen and oxygen atoms in total. The number of rotatable bonds is 6. The number of ether oxygens (including phenoxy) is 1. The Labute approximate surface area is 151 Å². The number of hydrogen-bond acceptors (Lipinski definition) is 7. The lowest BCUT2D eigenvalue weighted by Gasteiger charge is -2.31. The summed E-state index contributed by atoms with van der Waals surface area (Å²) in [5, 5.41) is 0. The predicted octanol–water partition coefficient (Wildman–Crippen LogP) is 0.990. The van der Waals surface area contributed by atoms with Crippen molar-refractivity contribution in [1.29, 1.82) is 0 Å². The molecule has 0 saturated carbocycles. The number of carbonyl (C=O) groups excluding carboxylic acids is 2. The molecule has 3 heterocycles. The van der Waals surface area contributed by atoms with E-state index in [1.807, 2.05) is 11.5 Å². The molecule has 1 aliphatic heterocycles. The van der Waals surface area contributed by atoms with Gasteiger partial charge in [-0.1, -0.05) is 6.92 Å². The number of carbonyl (C=O) groups is 2. The number of aryl methyl sites for hydroxylation is 1. The van der Waals surface area contributed by atoms with Crippen molar-refractivity contribution in [2.24, 2.45) is 5.92 Å². The zero-order valence-electron chi connectivity index (χ0n) is 14.9. The first-order valence-electron chi connectivity index (χ1n) is 8.96. The summed E-state index contributed by atoms with van der Waals surface area (Å²) in [6.45, 7) is 3.97. The number of imidazole rings is 1. The van der Waals surface area contributed by atoms with E-state index < -0.39 is 0 Å². The summed E-state index contributed by atoms with van der Waals surface area (Å²) in [4.78, 5) is 38.1. The largest absolute Gasteiger partial charge is 0.465 e. The Balaban J connectivity index is 1.46. The second kappa shape index (κ2) is 8.11. The van der Waals surface area contributed by atoms with Crippen molar-refractivity contribution in [2.75, 3.05) is 25.4 Å². The van der Waals surface area contributed by atoms with E-state index in [0.717, 1.165) is 19.4 Å². The number of amides is 1. The Hall–Kier alpha value is -2.71. The number of aromatic nitrogens is 4. The van der Waals surface area contributed by atoms with Gasteiger partial charge in [-0.3, -0.25) is 9.59 Å². The Morgan fingerprint density at radius 1 is 1.35 bits per heavy atom. The van der Waals surface area contributed by atoms with Gasteiger partial charge in [-0.25, -0.2) is 15.0 Å². The Morgan fingerprint density at radius 3 is 3.00 bits per heavy atom. The lowest BCUT2D eigenvalue weighted by Crippen LogP contribution is -2.42. The molecular weight excluding hydrogens is 336 g/mol. The Bertz CT molecular complexity index is 790. The van der Waals surface area contributed by atoms with Gasteiger partial charge in [-0.15, -0.1) is 0 Å². The van der Waals surface area contributed by atoms with E-state index in [4.69, 9.17) is 10.5 Å². The van der Waals surface area contributed by atoms with Crippen molar-refractivity contribution in [3.8, 4) is 0 Å². The summed E-state index contributed by atoms with van der Waals surface area (Å²) in [5.74, 6) is 0.000863. The van der Waals surface area contributed by atoms with Crippen LogP contribution < -0.4 is 5.73 Å². The van der Waals surface area contributed by atoms with E-state index in [1.54, 1.807) is 11.2 Å². The monoisotopic (exact) mass is 360 g/mol. The maximum atomic E-state index is 12.3. The minimum Gasteiger partial charge on any atom is -0.465 e. The van der Waals surface area contributed by atoms with E-state index >= 15 is 0 Å². The molecule has 1 atom stereocenters. The number of nitrogens with two attached hydrogens (primary N) is 1. The number of nitrogen functional groups attached to an aromatic ring is 1. The average molecular weight is 360 g/mol. The molecule has 2 aromatic heterocycles. The molecule has 0 aromatic carbocycles. The predicted molar refractivity (Wildman–Crippen MR) is 94.9 cm³/mol. The lowest BCUT2D eigenvalue weighted by molar-refractivity contribution is -0.151. The van der Waals surface area contributed by atoms with Gasteiger partial charge in [0.05, 0.1) is 18.9 Å². The summed E-state index contributed by atoms with van der Waals surface area (Å²) in [6.07, 6.45) is 5.79. The molecule has 1 saturated heterocycles. The lowest BCUT2D eigenvalue weighted by atomic mass is 9.98. The summed E-state index contributed by atoms with van der Waals surface area (Å²) in [6, 6.07) is 0. The van der Waals surface area contributed by atoms with Crippen LogP contribution in [0.15, 0.2) is 12.7 Å². The van der Waals surface area contributed by atoms with Crippen LogP contribution in [0.1, 0.15) is 32.6 Å². The number of likely N-dealkylation sites (tertiary alicyclic amines) is 1. The molecule has 3 rings (SSSR count). The number of esters is 1. The summed E-state index contributed by atoms with van der Waals surface area (Å²) in [5.41, 5.74) is 7.01. The van der Waals surface area contributed by atoms with Crippen LogP contribution >= 0.6 is 0 Å². The van der Waals surface area contributed by atoms with E-state index in [1.165, 1.54) is 6.33 Å². The van der Waals surface area contributed by atoms with Crippen molar-refractivity contribution in [3.05, 3.63) is 12.7 Å². The fourth-order valence-corrected chi connectivity index (χ4v) is 3.21. The van der Waals surface area contributed by atoms with Crippen LogP contribution in [0.3, 0.4) is 0 Å². The van der Waals surface area contributed by atoms with Gasteiger partial charge < -0.3 is 19.9 Å². The highest BCUT2D eigenvalue weighted by Crippen LogP contribution is 2.19. The van der Waals surface area contributed by atoms with Crippen LogP contribution in [-0.4, -0.2) is 56.0 Å². The fourth-order valence-electron chi connectivity index (χ4n) is 3.21. The molecule has 1 aliphatic rings. The maximum Gasteiger partial charge on any atom is 0.310 e. The van der Waals surface area contributed by atoms with Crippen LogP contribution in [0.5, 0.6) is 0 Å². The molecule has 0 spiro atoms.